The summed E-state index contributed by atoms with van der Waals surface area (Å²) in [5.41, 5.74) is 1.66. The molecule has 6 nitrogen and oxygen atoms in total. The van der Waals surface area contributed by atoms with E-state index in [-0.39, 0.29) is 5.56 Å². The van der Waals surface area contributed by atoms with Crippen LogP contribution in [0.5, 0.6) is 5.75 Å². The molecule has 0 aliphatic carbocycles. The molecule has 0 saturated carbocycles. The number of aryl methyl sites for hydroxylation is 1. The average Bonchev–Trinajstić information content (AvgIpc) is 2.88. The maximum Gasteiger partial charge on any atom is 0.339 e. The second-order valence-electron chi connectivity index (χ2n) is 5.67. The predicted octanol–water partition coefficient (Wildman–Crippen LogP) is 3.48. The summed E-state index contributed by atoms with van der Waals surface area (Å²) < 4.78 is 11.3. The van der Waals surface area contributed by atoms with Crippen LogP contribution in [0.4, 0.5) is 5.82 Å². The summed E-state index contributed by atoms with van der Waals surface area (Å²) in [5.74, 6) is 0.797. The number of anilines is 1. The first-order valence-electron chi connectivity index (χ1n) is 7.48. The van der Waals surface area contributed by atoms with Crippen LogP contribution < -0.4 is 9.64 Å². The molecule has 2 aromatic heterocycles. The van der Waals surface area contributed by atoms with E-state index in [4.69, 9.17) is 9.15 Å². The number of aromatic carboxylic acids is 1. The van der Waals surface area contributed by atoms with Crippen LogP contribution in [0.3, 0.4) is 0 Å². The Balaban J connectivity index is 1.89. The first kappa shape index (κ1) is 15.9. The second-order valence-corrected chi connectivity index (χ2v) is 5.67. The van der Waals surface area contributed by atoms with Crippen LogP contribution in [0.15, 0.2) is 40.9 Å². The molecule has 0 bridgehead atoms. The van der Waals surface area contributed by atoms with Gasteiger partial charge in [-0.3, -0.25) is 0 Å². The van der Waals surface area contributed by atoms with Crippen molar-refractivity contribution in [1.29, 1.82) is 0 Å². The molecular weight excluding hydrogens is 308 g/mol. The van der Waals surface area contributed by atoms with Crippen molar-refractivity contribution in [2.45, 2.75) is 13.5 Å². The molecule has 0 amide bonds. The van der Waals surface area contributed by atoms with Gasteiger partial charge in [0.1, 0.15) is 35.1 Å². The highest BCUT2D eigenvalue weighted by molar-refractivity contribution is 6.03. The van der Waals surface area contributed by atoms with Crippen molar-refractivity contribution >= 4 is 22.8 Å². The Kier molecular flexibility index (Phi) is 4.12. The predicted molar refractivity (Wildman–Crippen MR) is 90.8 cm³/mol. The number of carboxylic acids is 1. The molecule has 24 heavy (non-hydrogen) atoms. The number of ether oxygens (including phenoxy) is 1. The number of benzene rings is 1. The minimum Gasteiger partial charge on any atom is -0.489 e. The first-order valence-corrected chi connectivity index (χ1v) is 7.48. The minimum absolute atomic E-state index is 0.172. The molecule has 0 atom stereocenters. The standard InChI is InChI=1S/C18H18N2O4/c1-11-16(18(21)22)14-9-13(6-7-15(14)24-11)23-10-12-5-4-8-19-17(12)20(2)3/h4-9H,10H2,1-3H3,(H,21,22). The van der Waals surface area contributed by atoms with Crippen molar-refractivity contribution in [3.63, 3.8) is 0 Å². The number of hydrogen-bond donors (Lipinski definition) is 1. The molecule has 2 heterocycles. The Hall–Kier alpha value is -3.02. The first-order chi connectivity index (χ1) is 11.5. The number of furan rings is 1. The third kappa shape index (κ3) is 2.90. The summed E-state index contributed by atoms with van der Waals surface area (Å²) in [6.07, 6.45) is 1.73. The lowest BCUT2D eigenvalue weighted by Crippen LogP contribution is -2.14. The van der Waals surface area contributed by atoms with E-state index in [2.05, 4.69) is 4.98 Å². The molecule has 0 fully saturated rings. The maximum atomic E-state index is 11.4. The molecule has 0 radical (unpaired) electrons. The van der Waals surface area contributed by atoms with Crippen molar-refractivity contribution in [3.8, 4) is 5.75 Å². The summed E-state index contributed by atoms with van der Waals surface area (Å²) in [6.45, 7) is 1.98. The smallest absolute Gasteiger partial charge is 0.339 e. The van der Waals surface area contributed by atoms with Crippen molar-refractivity contribution < 1.29 is 19.1 Å². The Morgan fingerprint density at radius 2 is 2.12 bits per heavy atom. The Bertz CT molecular complexity index is 899. The van der Waals surface area contributed by atoms with Gasteiger partial charge in [0.15, 0.2) is 0 Å². The van der Waals surface area contributed by atoms with Crippen LogP contribution in [-0.2, 0) is 6.61 Å². The molecule has 6 heteroatoms. The number of carboxylic acid groups (broad SMARTS) is 1. The van der Waals surface area contributed by atoms with Gasteiger partial charge in [0.05, 0.1) is 0 Å². The highest BCUT2D eigenvalue weighted by Crippen LogP contribution is 2.29. The second kappa shape index (κ2) is 6.23. The normalized spacial score (nSPS) is 10.8. The molecule has 3 rings (SSSR count). The van der Waals surface area contributed by atoms with Gasteiger partial charge in [-0.2, -0.15) is 0 Å². The Morgan fingerprint density at radius 3 is 2.83 bits per heavy atom. The number of pyridine rings is 1. The summed E-state index contributed by atoms with van der Waals surface area (Å²) in [4.78, 5) is 17.6. The zero-order valence-electron chi connectivity index (χ0n) is 13.7. The molecule has 0 saturated heterocycles. The number of aromatic nitrogens is 1. The van der Waals surface area contributed by atoms with Gasteiger partial charge in [-0.25, -0.2) is 9.78 Å². The van der Waals surface area contributed by atoms with Crippen LogP contribution in [0, 0.1) is 6.92 Å². The number of fused-ring (bicyclic) bond motifs is 1. The fourth-order valence-electron chi connectivity index (χ4n) is 2.66. The lowest BCUT2D eigenvalue weighted by Gasteiger charge is -2.16. The zero-order valence-corrected chi connectivity index (χ0v) is 13.7. The highest BCUT2D eigenvalue weighted by Gasteiger charge is 2.18. The van der Waals surface area contributed by atoms with E-state index in [0.717, 1.165) is 11.4 Å². The summed E-state index contributed by atoms with van der Waals surface area (Å²) in [5, 5.41) is 9.87. The topological polar surface area (TPSA) is 75.8 Å². The molecular formula is C18H18N2O4. The molecule has 0 aliphatic heterocycles. The molecule has 124 valence electrons. The van der Waals surface area contributed by atoms with Crippen LogP contribution >= 0.6 is 0 Å². The van der Waals surface area contributed by atoms with Gasteiger partial charge in [0.2, 0.25) is 0 Å². The van der Waals surface area contributed by atoms with Crippen LogP contribution in [0.1, 0.15) is 21.7 Å². The lowest BCUT2D eigenvalue weighted by atomic mass is 10.1. The van der Waals surface area contributed by atoms with E-state index in [1.54, 1.807) is 31.3 Å². The van der Waals surface area contributed by atoms with Crippen LogP contribution in [0.25, 0.3) is 11.0 Å². The third-order valence-corrected chi connectivity index (χ3v) is 3.73. The largest absolute Gasteiger partial charge is 0.489 e. The van der Waals surface area contributed by atoms with Crippen molar-refractivity contribution in [1.82, 2.24) is 4.98 Å². The molecule has 1 N–H and O–H groups in total. The number of hydrogen-bond acceptors (Lipinski definition) is 5. The Labute approximate surface area is 139 Å². The van der Waals surface area contributed by atoms with E-state index >= 15 is 0 Å². The zero-order chi connectivity index (χ0) is 17.3. The van der Waals surface area contributed by atoms with Crippen LogP contribution in [-0.4, -0.2) is 30.2 Å². The third-order valence-electron chi connectivity index (χ3n) is 3.73. The SMILES string of the molecule is Cc1oc2ccc(OCc3cccnc3N(C)C)cc2c1C(=O)O. The van der Waals surface area contributed by atoms with Crippen LogP contribution in [0.2, 0.25) is 0 Å². The molecule has 0 spiro atoms. The molecule has 0 unspecified atom stereocenters. The maximum absolute atomic E-state index is 11.4. The van der Waals surface area contributed by atoms with E-state index in [1.165, 1.54) is 0 Å². The molecule has 1 aromatic carbocycles. The van der Waals surface area contributed by atoms with Gasteiger partial charge >= 0.3 is 5.97 Å². The van der Waals surface area contributed by atoms with Gasteiger partial charge in [0.25, 0.3) is 0 Å². The minimum atomic E-state index is -1.01. The number of rotatable bonds is 5. The fourth-order valence-corrected chi connectivity index (χ4v) is 2.66. The number of nitrogens with zero attached hydrogens (tertiary/aromatic N) is 2. The van der Waals surface area contributed by atoms with E-state index in [1.807, 2.05) is 31.1 Å². The number of carbonyl (C=O) groups is 1. The highest BCUT2D eigenvalue weighted by atomic mass is 16.5. The Morgan fingerprint density at radius 1 is 1.33 bits per heavy atom. The summed E-state index contributed by atoms with van der Waals surface area (Å²) in [6, 6.07) is 8.99. The fraction of sp³-hybridized carbons (Fsp3) is 0.222. The van der Waals surface area contributed by atoms with Gasteiger partial charge in [0, 0.05) is 31.2 Å². The molecule has 3 aromatic rings. The van der Waals surface area contributed by atoms with Gasteiger partial charge in [-0.1, -0.05) is 6.07 Å². The van der Waals surface area contributed by atoms with Crippen molar-refractivity contribution in [2.75, 3.05) is 19.0 Å². The van der Waals surface area contributed by atoms with Crippen molar-refractivity contribution in [2.24, 2.45) is 0 Å². The van der Waals surface area contributed by atoms with Gasteiger partial charge in [-0.05, 0) is 31.2 Å². The van der Waals surface area contributed by atoms with E-state index < -0.39 is 5.97 Å². The van der Waals surface area contributed by atoms with Gasteiger partial charge in [-0.15, -0.1) is 0 Å². The van der Waals surface area contributed by atoms with Crippen molar-refractivity contribution in [3.05, 3.63) is 53.4 Å². The monoisotopic (exact) mass is 326 g/mol. The summed E-state index contributed by atoms with van der Waals surface area (Å²) >= 11 is 0. The lowest BCUT2D eigenvalue weighted by molar-refractivity contribution is 0.0697. The quantitative estimate of drug-likeness (QED) is 0.773. The summed E-state index contributed by atoms with van der Waals surface area (Å²) in [7, 11) is 3.84. The average molecular weight is 326 g/mol. The van der Waals surface area contributed by atoms with E-state index in [0.29, 0.717) is 29.1 Å². The van der Waals surface area contributed by atoms with Gasteiger partial charge < -0.3 is 19.2 Å². The van der Waals surface area contributed by atoms with E-state index in [9.17, 15) is 9.90 Å². The molecule has 0 aliphatic rings.